The van der Waals surface area contributed by atoms with Crippen molar-refractivity contribution in [3.05, 3.63) is 0 Å². The van der Waals surface area contributed by atoms with Gasteiger partial charge in [0.05, 0.1) is 11.5 Å². The molecule has 0 fully saturated rings. The van der Waals surface area contributed by atoms with Gasteiger partial charge < -0.3 is 11.5 Å². The van der Waals surface area contributed by atoms with Gasteiger partial charge in [-0.2, -0.15) is 0 Å². The summed E-state index contributed by atoms with van der Waals surface area (Å²) in [5.74, 6) is -0.727. The number of carbonyl (C=O) groups is 1. The summed E-state index contributed by atoms with van der Waals surface area (Å²) in [5, 5.41) is 6.73. The van der Waals surface area contributed by atoms with Crippen LogP contribution in [0.25, 0.3) is 0 Å². The lowest BCUT2D eigenvalue weighted by atomic mass is 10.5. The first-order chi connectivity index (χ1) is 6.33. The van der Waals surface area contributed by atoms with Crippen molar-refractivity contribution in [2.24, 2.45) is 11.5 Å². The summed E-state index contributed by atoms with van der Waals surface area (Å²) in [4.78, 5) is 10.3. The number of sulfone groups is 1. The molecule has 5 N–H and O–H groups in total. The fourth-order valence-corrected chi connectivity index (χ4v) is 2.92. The molecule has 0 aliphatic heterocycles. The van der Waals surface area contributed by atoms with Crippen LogP contribution in [0.3, 0.4) is 0 Å². The lowest BCUT2D eigenvalue weighted by molar-refractivity contribution is -0.117. The zero-order valence-corrected chi connectivity index (χ0v) is 9.16. The van der Waals surface area contributed by atoms with Gasteiger partial charge in [-0.3, -0.25) is 10.2 Å². The lowest BCUT2D eigenvalue weighted by Crippen LogP contribution is -2.20. The van der Waals surface area contributed by atoms with Crippen LogP contribution in [0.2, 0.25) is 0 Å². The average molecular weight is 239 g/mol. The molecular formula is C6H13N3O3S2. The quantitative estimate of drug-likeness (QED) is 0.400. The highest BCUT2D eigenvalue weighted by molar-refractivity contribution is 8.14. The lowest BCUT2D eigenvalue weighted by Gasteiger charge is -2.01. The Bertz CT molecular complexity index is 312. The molecule has 1 amide bonds. The summed E-state index contributed by atoms with van der Waals surface area (Å²) in [6.07, 6.45) is -0.160. The molecule has 14 heavy (non-hydrogen) atoms. The Kier molecular flexibility index (Phi) is 5.55. The van der Waals surface area contributed by atoms with Crippen molar-refractivity contribution in [1.82, 2.24) is 0 Å². The smallest absolute Gasteiger partial charge is 0.218 e. The maximum absolute atomic E-state index is 11.2. The molecule has 0 radical (unpaired) electrons. The highest BCUT2D eigenvalue weighted by Crippen LogP contribution is 2.02. The zero-order chi connectivity index (χ0) is 11.2. The number of amides is 1. The molecule has 0 aromatic heterocycles. The third-order valence-electron chi connectivity index (χ3n) is 1.31. The van der Waals surface area contributed by atoms with Crippen LogP contribution in [-0.4, -0.2) is 36.8 Å². The van der Waals surface area contributed by atoms with Crippen molar-refractivity contribution in [2.75, 3.05) is 17.3 Å². The molecule has 0 atom stereocenters. The van der Waals surface area contributed by atoms with Crippen molar-refractivity contribution >= 4 is 32.7 Å². The van der Waals surface area contributed by atoms with Crippen LogP contribution in [0.4, 0.5) is 0 Å². The number of amidine groups is 1. The minimum Gasteiger partial charge on any atom is -0.379 e. The van der Waals surface area contributed by atoms with Crippen LogP contribution in [-0.2, 0) is 14.6 Å². The molecule has 8 heteroatoms. The number of nitrogens with two attached hydrogens (primary N) is 2. The van der Waals surface area contributed by atoms with Gasteiger partial charge in [0.15, 0.2) is 15.0 Å². The largest absolute Gasteiger partial charge is 0.379 e. The Morgan fingerprint density at radius 2 is 1.86 bits per heavy atom. The van der Waals surface area contributed by atoms with E-state index in [1.165, 1.54) is 0 Å². The number of thioether (sulfide) groups is 1. The Balaban J connectivity index is 3.84. The number of nitrogens with one attached hydrogen (secondary N) is 1. The second-order valence-corrected chi connectivity index (χ2v) is 6.02. The molecular weight excluding hydrogens is 226 g/mol. The van der Waals surface area contributed by atoms with E-state index >= 15 is 0 Å². The summed E-state index contributed by atoms with van der Waals surface area (Å²) in [6, 6.07) is 0. The summed E-state index contributed by atoms with van der Waals surface area (Å²) >= 11 is 0.958. The van der Waals surface area contributed by atoms with E-state index in [2.05, 4.69) is 0 Å². The molecule has 82 valence electrons. The normalized spacial score (nSPS) is 11.1. The highest BCUT2D eigenvalue weighted by Gasteiger charge is 2.12. The van der Waals surface area contributed by atoms with E-state index in [-0.39, 0.29) is 28.8 Å². The third-order valence-corrected chi connectivity index (χ3v) is 3.94. The predicted octanol–water partition coefficient (Wildman–Crippen LogP) is -1.10. The van der Waals surface area contributed by atoms with Gasteiger partial charge in [0.1, 0.15) is 0 Å². The van der Waals surface area contributed by atoms with Gasteiger partial charge in [0, 0.05) is 12.2 Å². The molecule has 6 nitrogen and oxygen atoms in total. The van der Waals surface area contributed by atoms with Crippen molar-refractivity contribution in [2.45, 2.75) is 6.42 Å². The van der Waals surface area contributed by atoms with Crippen LogP contribution in [0.15, 0.2) is 0 Å². The number of rotatable bonds is 6. The van der Waals surface area contributed by atoms with Crippen LogP contribution in [0.1, 0.15) is 6.42 Å². The Morgan fingerprint density at radius 1 is 1.29 bits per heavy atom. The van der Waals surface area contributed by atoms with Crippen LogP contribution < -0.4 is 11.5 Å². The molecule has 0 saturated heterocycles. The van der Waals surface area contributed by atoms with Crippen LogP contribution >= 0.6 is 11.8 Å². The molecule has 0 aromatic rings. The second kappa shape index (κ2) is 5.86. The second-order valence-electron chi connectivity index (χ2n) is 2.58. The summed E-state index contributed by atoms with van der Waals surface area (Å²) < 4.78 is 22.4. The molecule has 0 heterocycles. The van der Waals surface area contributed by atoms with Gasteiger partial charge in [-0.05, 0) is 0 Å². The first-order valence-electron chi connectivity index (χ1n) is 3.79. The van der Waals surface area contributed by atoms with E-state index in [1.807, 2.05) is 0 Å². The minimum absolute atomic E-state index is 0.0927. The summed E-state index contributed by atoms with van der Waals surface area (Å²) in [6.45, 7) is 0. The first kappa shape index (κ1) is 13.2. The van der Waals surface area contributed by atoms with E-state index < -0.39 is 15.7 Å². The fourth-order valence-electron chi connectivity index (χ4n) is 0.637. The van der Waals surface area contributed by atoms with Crippen molar-refractivity contribution < 1.29 is 13.2 Å². The Hall–Kier alpha value is -0.760. The van der Waals surface area contributed by atoms with Crippen LogP contribution in [0, 0.1) is 5.41 Å². The molecule has 0 aromatic carbocycles. The molecule has 0 rings (SSSR count). The standard InChI is InChI=1S/C6H13N3O3S2/c7-5(10)1-3-14(11,12)4-2-13-6(8)9/h1-4H2,(H2,7,10)(H3,8,9). The van der Waals surface area contributed by atoms with Crippen molar-refractivity contribution in [1.29, 1.82) is 5.41 Å². The number of hydrogen-bond donors (Lipinski definition) is 3. The molecule has 0 aliphatic rings. The van der Waals surface area contributed by atoms with Gasteiger partial charge in [-0.1, -0.05) is 11.8 Å². The van der Waals surface area contributed by atoms with Gasteiger partial charge >= 0.3 is 0 Å². The van der Waals surface area contributed by atoms with Crippen molar-refractivity contribution in [3.63, 3.8) is 0 Å². The highest BCUT2D eigenvalue weighted by atomic mass is 32.2. The Labute approximate surface area is 86.8 Å². The number of primary amides is 1. The van der Waals surface area contributed by atoms with Crippen molar-refractivity contribution in [3.8, 4) is 0 Å². The Morgan fingerprint density at radius 3 is 2.29 bits per heavy atom. The van der Waals surface area contributed by atoms with Gasteiger partial charge in [-0.25, -0.2) is 8.42 Å². The summed E-state index contributed by atoms with van der Waals surface area (Å²) in [7, 11) is -3.25. The van der Waals surface area contributed by atoms with Gasteiger partial charge in [0.25, 0.3) is 0 Å². The molecule has 0 spiro atoms. The fraction of sp³-hybridized carbons (Fsp3) is 0.667. The van der Waals surface area contributed by atoms with Gasteiger partial charge in [0.2, 0.25) is 5.91 Å². The molecule has 0 saturated carbocycles. The van der Waals surface area contributed by atoms with E-state index in [9.17, 15) is 13.2 Å². The number of carbonyl (C=O) groups excluding carboxylic acids is 1. The SMILES string of the molecule is N=C(N)SCCS(=O)(=O)CCC(N)=O. The first-order valence-corrected chi connectivity index (χ1v) is 6.60. The molecule has 0 unspecified atom stereocenters. The van der Waals surface area contributed by atoms with E-state index in [4.69, 9.17) is 16.9 Å². The van der Waals surface area contributed by atoms with E-state index in [1.54, 1.807) is 0 Å². The monoisotopic (exact) mass is 239 g/mol. The third kappa shape index (κ3) is 7.87. The van der Waals surface area contributed by atoms with E-state index in [0.717, 1.165) is 11.8 Å². The zero-order valence-electron chi connectivity index (χ0n) is 7.52. The van der Waals surface area contributed by atoms with E-state index in [0.29, 0.717) is 0 Å². The van der Waals surface area contributed by atoms with Crippen LogP contribution in [0.5, 0.6) is 0 Å². The maximum atomic E-state index is 11.2. The topological polar surface area (TPSA) is 127 Å². The predicted molar refractivity (Wildman–Crippen MR) is 56.8 cm³/mol. The maximum Gasteiger partial charge on any atom is 0.218 e. The minimum atomic E-state index is -3.25. The number of hydrogen-bond acceptors (Lipinski definition) is 5. The molecule has 0 aliphatic carbocycles. The van der Waals surface area contributed by atoms with Gasteiger partial charge in [-0.15, -0.1) is 0 Å². The average Bonchev–Trinajstić information content (AvgIpc) is 2.00. The molecule has 0 bridgehead atoms. The summed E-state index contributed by atoms with van der Waals surface area (Å²) in [5.41, 5.74) is 9.84.